The van der Waals surface area contributed by atoms with Crippen LogP contribution in [0.2, 0.25) is 0 Å². The maximum absolute atomic E-state index is 12.1. The van der Waals surface area contributed by atoms with E-state index in [9.17, 15) is 4.79 Å². The molecule has 0 bridgehead atoms. The van der Waals surface area contributed by atoms with E-state index in [1.54, 1.807) is 12.4 Å². The monoisotopic (exact) mass is 270 g/mol. The van der Waals surface area contributed by atoms with Gasteiger partial charge in [-0.25, -0.2) is 0 Å². The summed E-state index contributed by atoms with van der Waals surface area (Å²) in [4.78, 5) is 18.0. The summed E-state index contributed by atoms with van der Waals surface area (Å²) in [6.07, 6.45) is 3.89. The Balaban J connectivity index is 1.58. The van der Waals surface area contributed by atoms with Crippen molar-refractivity contribution in [3.8, 4) is 0 Å². The van der Waals surface area contributed by atoms with Crippen molar-refractivity contribution in [3.63, 3.8) is 0 Å². The molecule has 1 aliphatic rings. The first-order valence-corrected chi connectivity index (χ1v) is 6.83. The third kappa shape index (κ3) is 2.43. The molecule has 104 valence electrons. The Morgan fingerprint density at radius 2 is 2.20 bits per heavy atom. The fourth-order valence-electron chi connectivity index (χ4n) is 2.62. The van der Waals surface area contributed by atoms with E-state index in [-0.39, 0.29) is 5.91 Å². The molecule has 0 spiro atoms. The number of nitrogens with zero attached hydrogens (tertiary/aromatic N) is 4. The van der Waals surface area contributed by atoms with Crippen molar-refractivity contribution in [1.82, 2.24) is 19.7 Å². The molecular weight excluding hydrogens is 252 g/mol. The van der Waals surface area contributed by atoms with Crippen LogP contribution in [-0.4, -0.2) is 38.7 Å². The van der Waals surface area contributed by atoms with Crippen molar-refractivity contribution in [3.05, 3.63) is 47.5 Å². The Bertz CT molecular complexity index is 614. The van der Waals surface area contributed by atoms with Crippen LogP contribution in [0.4, 0.5) is 0 Å². The summed E-state index contributed by atoms with van der Waals surface area (Å²) in [6, 6.07) is 6.18. The lowest BCUT2D eigenvalue weighted by molar-refractivity contribution is -0.136. The Labute approximate surface area is 118 Å². The zero-order valence-electron chi connectivity index (χ0n) is 11.8. The Morgan fingerprint density at radius 3 is 2.80 bits per heavy atom. The molecular formula is C15H18N4O. The summed E-state index contributed by atoms with van der Waals surface area (Å²) in [7, 11) is 0. The van der Waals surface area contributed by atoms with Crippen molar-refractivity contribution in [1.29, 1.82) is 0 Å². The van der Waals surface area contributed by atoms with Gasteiger partial charge in [-0.15, -0.1) is 0 Å². The molecule has 1 amide bonds. The molecule has 0 unspecified atom stereocenters. The van der Waals surface area contributed by atoms with E-state index in [0.717, 1.165) is 30.0 Å². The molecule has 20 heavy (non-hydrogen) atoms. The first-order valence-electron chi connectivity index (χ1n) is 6.83. The van der Waals surface area contributed by atoms with Gasteiger partial charge in [0, 0.05) is 31.2 Å². The largest absolute Gasteiger partial charge is 0.338 e. The zero-order chi connectivity index (χ0) is 14.1. The Morgan fingerprint density at radius 1 is 1.40 bits per heavy atom. The van der Waals surface area contributed by atoms with Crippen LogP contribution in [-0.2, 0) is 11.2 Å². The highest BCUT2D eigenvalue weighted by atomic mass is 16.2. The number of likely N-dealkylation sites (tertiary alicyclic amines) is 1. The van der Waals surface area contributed by atoms with Crippen LogP contribution in [0, 0.1) is 13.8 Å². The second-order valence-electron chi connectivity index (χ2n) is 5.36. The summed E-state index contributed by atoms with van der Waals surface area (Å²) >= 11 is 0. The molecule has 0 N–H and O–H groups in total. The fourth-order valence-corrected chi connectivity index (χ4v) is 2.62. The molecule has 3 heterocycles. The van der Waals surface area contributed by atoms with Crippen LogP contribution in [0.15, 0.2) is 30.6 Å². The summed E-state index contributed by atoms with van der Waals surface area (Å²) in [6.45, 7) is 5.55. The van der Waals surface area contributed by atoms with Gasteiger partial charge >= 0.3 is 0 Å². The van der Waals surface area contributed by atoms with Gasteiger partial charge in [0.1, 0.15) is 0 Å². The molecule has 3 rings (SSSR count). The minimum absolute atomic E-state index is 0.163. The molecule has 0 aliphatic carbocycles. The van der Waals surface area contributed by atoms with Gasteiger partial charge in [-0.2, -0.15) is 5.10 Å². The molecule has 5 nitrogen and oxygen atoms in total. The van der Waals surface area contributed by atoms with Gasteiger partial charge in [0.25, 0.3) is 0 Å². The van der Waals surface area contributed by atoms with Crippen LogP contribution < -0.4 is 0 Å². The highest BCUT2D eigenvalue weighted by Gasteiger charge is 2.32. The smallest absolute Gasteiger partial charge is 0.227 e. The lowest BCUT2D eigenvalue weighted by atomic mass is 10.1. The number of pyridine rings is 1. The second kappa shape index (κ2) is 5.07. The molecule has 2 aromatic heterocycles. The molecule has 2 aromatic rings. The minimum atomic E-state index is 0.163. The third-order valence-corrected chi connectivity index (χ3v) is 3.68. The summed E-state index contributed by atoms with van der Waals surface area (Å²) in [5.74, 6) is 0.163. The summed E-state index contributed by atoms with van der Waals surface area (Å²) < 4.78 is 2.03. The Kier molecular flexibility index (Phi) is 3.26. The average molecular weight is 270 g/mol. The Hall–Kier alpha value is -2.17. The van der Waals surface area contributed by atoms with Crippen molar-refractivity contribution >= 4 is 5.91 Å². The average Bonchev–Trinajstić information content (AvgIpc) is 2.68. The molecule has 1 fully saturated rings. The van der Waals surface area contributed by atoms with E-state index in [1.807, 2.05) is 28.6 Å². The molecule has 0 aromatic carbocycles. The predicted molar refractivity (Wildman–Crippen MR) is 75.3 cm³/mol. The van der Waals surface area contributed by atoms with Crippen LogP contribution >= 0.6 is 0 Å². The molecule has 5 heteroatoms. The topological polar surface area (TPSA) is 51.0 Å². The van der Waals surface area contributed by atoms with Crippen molar-refractivity contribution in [2.45, 2.75) is 26.3 Å². The van der Waals surface area contributed by atoms with Crippen molar-refractivity contribution in [2.24, 2.45) is 0 Å². The maximum atomic E-state index is 12.1. The van der Waals surface area contributed by atoms with Crippen LogP contribution in [0.5, 0.6) is 0 Å². The van der Waals surface area contributed by atoms with Gasteiger partial charge in [-0.3, -0.25) is 14.5 Å². The summed E-state index contributed by atoms with van der Waals surface area (Å²) in [5, 5.41) is 4.48. The van der Waals surface area contributed by atoms with Crippen molar-refractivity contribution < 1.29 is 4.79 Å². The van der Waals surface area contributed by atoms with Gasteiger partial charge < -0.3 is 4.90 Å². The van der Waals surface area contributed by atoms with Gasteiger partial charge in [0.05, 0.1) is 18.2 Å². The second-order valence-corrected chi connectivity index (χ2v) is 5.36. The fraction of sp³-hybridized carbons (Fsp3) is 0.400. The number of aromatic nitrogens is 3. The van der Waals surface area contributed by atoms with E-state index in [0.29, 0.717) is 12.5 Å². The standard InChI is InChI=1S/C15H18N4O/c1-11-6-12(2)19(17-11)14-9-18(10-14)15(20)7-13-4-3-5-16-8-13/h3-6,8,14H,7,9-10H2,1-2H3. The first kappa shape index (κ1) is 12.8. The van der Waals surface area contributed by atoms with E-state index in [4.69, 9.17) is 0 Å². The SMILES string of the molecule is Cc1cc(C)n(C2CN(C(=O)Cc3cccnc3)C2)n1. The lowest BCUT2D eigenvalue weighted by Crippen LogP contribution is -2.51. The third-order valence-electron chi connectivity index (χ3n) is 3.68. The number of hydrogen-bond donors (Lipinski definition) is 0. The first-order chi connectivity index (χ1) is 9.63. The highest BCUT2D eigenvalue weighted by molar-refractivity contribution is 5.79. The number of rotatable bonds is 3. The van der Waals surface area contributed by atoms with Gasteiger partial charge in [0.2, 0.25) is 5.91 Å². The molecule has 0 atom stereocenters. The molecule has 1 aliphatic heterocycles. The van der Waals surface area contributed by atoms with Crippen molar-refractivity contribution in [2.75, 3.05) is 13.1 Å². The van der Waals surface area contributed by atoms with Gasteiger partial charge in [-0.1, -0.05) is 6.07 Å². The van der Waals surface area contributed by atoms with E-state index >= 15 is 0 Å². The number of hydrogen-bond acceptors (Lipinski definition) is 3. The normalized spacial score (nSPS) is 15.2. The number of carbonyl (C=O) groups excluding carboxylic acids is 1. The molecule has 0 radical (unpaired) electrons. The minimum Gasteiger partial charge on any atom is -0.338 e. The van der Waals surface area contributed by atoms with E-state index in [1.165, 1.54) is 0 Å². The number of carbonyl (C=O) groups is 1. The van der Waals surface area contributed by atoms with Gasteiger partial charge in [0.15, 0.2) is 0 Å². The highest BCUT2D eigenvalue weighted by Crippen LogP contribution is 2.23. The maximum Gasteiger partial charge on any atom is 0.227 e. The van der Waals surface area contributed by atoms with E-state index in [2.05, 4.69) is 23.1 Å². The van der Waals surface area contributed by atoms with Crippen LogP contribution in [0.25, 0.3) is 0 Å². The molecule has 1 saturated heterocycles. The van der Waals surface area contributed by atoms with Crippen LogP contribution in [0.1, 0.15) is 23.0 Å². The molecule has 0 saturated carbocycles. The van der Waals surface area contributed by atoms with Gasteiger partial charge in [-0.05, 0) is 31.5 Å². The van der Waals surface area contributed by atoms with Crippen LogP contribution in [0.3, 0.4) is 0 Å². The quantitative estimate of drug-likeness (QED) is 0.849. The number of amides is 1. The lowest BCUT2D eigenvalue weighted by Gasteiger charge is -2.39. The number of aryl methyl sites for hydroxylation is 2. The van der Waals surface area contributed by atoms with E-state index < -0.39 is 0 Å². The zero-order valence-corrected chi connectivity index (χ0v) is 11.8. The predicted octanol–water partition coefficient (Wildman–Crippen LogP) is 1.52. The summed E-state index contributed by atoms with van der Waals surface area (Å²) in [5.41, 5.74) is 3.15.